The normalized spacial score (nSPS) is 11.9. The van der Waals surface area contributed by atoms with Crippen LogP contribution in [0, 0.1) is 0 Å². The molecule has 0 aliphatic rings. The molecule has 0 aliphatic carbocycles. The molecule has 108 valence electrons. The maximum Gasteiger partial charge on any atom is 0.301 e. The van der Waals surface area contributed by atoms with E-state index in [1.54, 1.807) is 32.0 Å². The minimum atomic E-state index is -3.63. The monoisotopic (exact) mass is 287 g/mol. The minimum Gasteiger partial charge on any atom is -0.495 e. The summed E-state index contributed by atoms with van der Waals surface area (Å²) in [6.45, 7) is 3.82. The van der Waals surface area contributed by atoms with Crippen LogP contribution in [0.1, 0.15) is 19.4 Å². The van der Waals surface area contributed by atoms with Crippen molar-refractivity contribution in [2.45, 2.75) is 26.4 Å². The van der Waals surface area contributed by atoms with E-state index >= 15 is 0 Å². The van der Waals surface area contributed by atoms with Crippen molar-refractivity contribution >= 4 is 15.9 Å². The van der Waals surface area contributed by atoms with E-state index in [0.717, 1.165) is 0 Å². The van der Waals surface area contributed by atoms with Gasteiger partial charge in [-0.25, -0.2) is 0 Å². The Bertz CT molecular complexity index is 507. The number of ether oxygens (including phenoxy) is 1. The molecule has 0 spiro atoms. The molecular formula is C12H21N3O3S. The number of hydrogen-bond acceptors (Lipinski definition) is 4. The first-order chi connectivity index (χ1) is 8.83. The number of para-hydroxylation sites is 1. The highest BCUT2D eigenvalue weighted by atomic mass is 32.2. The maximum absolute atomic E-state index is 12.2. The van der Waals surface area contributed by atoms with Gasteiger partial charge in [-0.3, -0.25) is 4.72 Å². The van der Waals surface area contributed by atoms with Crippen molar-refractivity contribution in [1.82, 2.24) is 4.31 Å². The lowest BCUT2D eigenvalue weighted by molar-refractivity contribution is 0.410. The average molecular weight is 287 g/mol. The molecule has 0 bridgehead atoms. The Hall–Kier alpha value is -1.31. The molecule has 0 atom stereocenters. The van der Waals surface area contributed by atoms with E-state index in [9.17, 15) is 8.42 Å². The van der Waals surface area contributed by atoms with Gasteiger partial charge in [-0.15, -0.1) is 0 Å². The third-order valence-corrected chi connectivity index (χ3v) is 4.53. The molecule has 7 heteroatoms. The second-order valence-corrected chi connectivity index (χ2v) is 6.15. The smallest absolute Gasteiger partial charge is 0.301 e. The zero-order chi connectivity index (χ0) is 14.6. The van der Waals surface area contributed by atoms with E-state index in [1.165, 1.54) is 18.5 Å². The Kier molecular flexibility index (Phi) is 5.16. The summed E-state index contributed by atoms with van der Waals surface area (Å²) in [7, 11) is -0.626. The first-order valence-electron chi connectivity index (χ1n) is 5.95. The highest BCUT2D eigenvalue weighted by molar-refractivity contribution is 7.90. The highest BCUT2D eigenvalue weighted by Gasteiger charge is 2.23. The van der Waals surface area contributed by atoms with Gasteiger partial charge in [-0.05, 0) is 25.5 Å². The molecule has 0 aromatic heterocycles. The van der Waals surface area contributed by atoms with Gasteiger partial charge in [-0.2, -0.15) is 12.7 Å². The van der Waals surface area contributed by atoms with Gasteiger partial charge in [0.25, 0.3) is 0 Å². The van der Waals surface area contributed by atoms with Gasteiger partial charge in [0.2, 0.25) is 0 Å². The molecule has 0 aliphatic heterocycles. The minimum absolute atomic E-state index is 0.145. The first-order valence-corrected chi connectivity index (χ1v) is 7.39. The van der Waals surface area contributed by atoms with Gasteiger partial charge in [0, 0.05) is 19.6 Å². The maximum atomic E-state index is 12.2. The second kappa shape index (κ2) is 6.23. The zero-order valence-electron chi connectivity index (χ0n) is 11.7. The van der Waals surface area contributed by atoms with E-state index < -0.39 is 10.2 Å². The predicted molar refractivity (Wildman–Crippen MR) is 76.3 cm³/mol. The molecule has 1 aromatic rings. The third-order valence-electron chi connectivity index (χ3n) is 2.89. The van der Waals surface area contributed by atoms with E-state index in [-0.39, 0.29) is 12.6 Å². The van der Waals surface area contributed by atoms with Gasteiger partial charge in [-0.1, -0.05) is 12.1 Å². The van der Waals surface area contributed by atoms with Crippen molar-refractivity contribution in [2.75, 3.05) is 18.9 Å². The third kappa shape index (κ3) is 3.59. The fourth-order valence-corrected chi connectivity index (χ4v) is 2.70. The van der Waals surface area contributed by atoms with Crippen molar-refractivity contribution in [3.8, 4) is 5.75 Å². The van der Waals surface area contributed by atoms with Crippen LogP contribution in [0.2, 0.25) is 0 Å². The van der Waals surface area contributed by atoms with Crippen LogP contribution in [0.25, 0.3) is 0 Å². The lowest BCUT2D eigenvalue weighted by atomic mass is 10.1. The van der Waals surface area contributed by atoms with Gasteiger partial charge in [0.05, 0.1) is 12.8 Å². The van der Waals surface area contributed by atoms with E-state index in [0.29, 0.717) is 17.0 Å². The molecule has 0 saturated carbocycles. The van der Waals surface area contributed by atoms with Crippen LogP contribution >= 0.6 is 0 Å². The number of nitrogens with one attached hydrogen (secondary N) is 1. The summed E-state index contributed by atoms with van der Waals surface area (Å²) < 4.78 is 33.3. The SMILES string of the molecule is COc1cccc(CN)c1NS(=O)(=O)N(C)C(C)C. The van der Waals surface area contributed by atoms with E-state index in [4.69, 9.17) is 10.5 Å². The van der Waals surface area contributed by atoms with Crippen LogP contribution in [0.4, 0.5) is 5.69 Å². The van der Waals surface area contributed by atoms with Gasteiger partial charge in [0.1, 0.15) is 5.75 Å². The molecule has 1 rings (SSSR count). The summed E-state index contributed by atoms with van der Waals surface area (Å²) in [6.07, 6.45) is 0. The zero-order valence-corrected chi connectivity index (χ0v) is 12.5. The second-order valence-electron chi connectivity index (χ2n) is 4.42. The molecule has 0 heterocycles. The van der Waals surface area contributed by atoms with Gasteiger partial charge in [0.15, 0.2) is 0 Å². The summed E-state index contributed by atoms with van der Waals surface area (Å²) in [6, 6.07) is 5.07. The molecule has 1 aromatic carbocycles. The van der Waals surface area contributed by atoms with E-state index in [2.05, 4.69) is 4.72 Å². The number of nitrogens with two attached hydrogens (primary N) is 1. The van der Waals surface area contributed by atoms with Crippen LogP contribution in [0.5, 0.6) is 5.75 Å². The number of benzene rings is 1. The lowest BCUT2D eigenvalue weighted by Crippen LogP contribution is -2.37. The van der Waals surface area contributed by atoms with Crippen molar-refractivity contribution in [3.05, 3.63) is 23.8 Å². The van der Waals surface area contributed by atoms with Crippen LogP contribution in [-0.2, 0) is 16.8 Å². The summed E-state index contributed by atoms with van der Waals surface area (Å²) in [4.78, 5) is 0. The molecule has 0 fully saturated rings. The van der Waals surface area contributed by atoms with Gasteiger partial charge >= 0.3 is 10.2 Å². The molecule has 0 radical (unpaired) electrons. The molecule has 0 saturated heterocycles. The van der Waals surface area contributed by atoms with Gasteiger partial charge < -0.3 is 10.5 Å². The number of hydrogen-bond donors (Lipinski definition) is 2. The van der Waals surface area contributed by atoms with Crippen LogP contribution in [0.15, 0.2) is 18.2 Å². The van der Waals surface area contributed by atoms with Crippen LogP contribution in [0.3, 0.4) is 0 Å². The Balaban J connectivity index is 3.18. The first kappa shape index (κ1) is 15.7. The fourth-order valence-electron chi connectivity index (χ4n) is 1.51. The Morgan fingerprint density at radius 2 is 2.05 bits per heavy atom. The topological polar surface area (TPSA) is 84.7 Å². The summed E-state index contributed by atoms with van der Waals surface area (Å²) in [5, 5.41) is 0. The van der Waals surface area contributed by atoms with Crippen molar-refractivity contribution in [3.63, 3.8) is 0 Å². The summed E-state index contributed by atoms with van der Waals surface area (Å²) >= 11 is 0. The molecule has 19 heavy (non-hydrogen) atoms. The molecule has 6 nitrogen and oxygen atoms in total. The standard InChI is InChI=1S/C12H21N3O3S/c1-9(2)15(3)19(16,17)14-12-10(8-13)6-5-7-11(12)18-4/h5-7,9,14H,8,13H2,1-4H3. The lowest BCUT2D eigenvalue weighted by Gasteiger charge is -2.23. The Labute approximate surface area is 114 Å². The van der Waals surface area contributed by atoms with Crippen molar-refractivity contribution in [1.29, 1.82) is 0 Å². The highest BCUT2D eigenvalue weighted by Crippen LogP contribution is 2.29. The van der Waals surface area contributed by atoms with E-state index in [1.807, 2.05) is 0 Å². The predicted octanol–water partition coefficient (Wildman–Crippen LogP) is 1.15. The average Bonchev–Trinajstić information content (AvgIpc) is 2.37. The van der Waals surface area contributed by atoms with Crippen molar-refractivity contribution < 1.29 is 13.2 Å². The number of anilines is 1. The number of methoxy groups -OCH3 is 1. The van der Waals surface area contributed by atoms with Crippen molar-refractivity contribution in [2.24, 2.45) is 5.73 Å². The molecule has 0 unspecified atom stereocenters. The Morgan fingerprint density at radius 3 is 2.53 bits per heavy atom. The quantitative estimate of drug-likeness (QED) is 0.822. The fraction of sp³-hybridized carbons (Fsp3) is 0.500. The Morgan fingerprint density at radius 1 is 1.42 bits per heavy atom. The largest absolute Gasteiger partial charge is 0.495 e. The molecule has 3 N–H and O–H groups in total. The summed E-state index contributed by atoms with van der Waals surface area (Å²) in [5.41, 5.74) is 6.69. The number of nitrogens with zero attached hydrogens (tertiary/aromatic N) is 1. The molecule has 0 amide bonds. The molecular weight excluding hydrogens is 266 g/mol. The van der Waals surface area contributed by atoms with Crippen LogP contribution < -0.4 is 15.2 Å². The van der Waals surface area contributed by atoms with Crippen LogP contribution in [-0.4, -0.2) is 32.9 Å². The summed E-state index contributed by atoms with van der Waals surface area (Å²) in [5.74, 6) is 0.448. The number of rotatable bonds is 6.